The lowest BCUT2D eigenvalue weighted by Crippen LogP contribution is -2.36. The van der Waals surface area contributed by atoms with Crippen LogP contribution < -0.4 is 15.4 Å². The molecule has 0 saturated carbocycles. The summed E-state index contributed by atoms with van der Waals surface area (Å²) in [5.74, 6) is 0.807. The van der Waals surface area contributed by atoms with E-state index in [0.717, 1.165) is 48.6 Å². The van der Waals surface area contributed by atoms with Crippen molar-refractivity contribution < 1.29 is 9.47 Å². The molecule has 23 heavy (non-hydrogen) atoms. The first-order valence-electron chi connectivity index (χ1n) is 8.10. The van der Waals surface area contributed by atoms with Gasteiger partial charge in [0, 0.05) is 26.3 Å². The fourth-order valence-electron chi connectivity index (χ4n) is 2.98. The zero-order valence-electron chi connectivity index (χ0n) is 13.6. The number of benzene rings is 2. The predicted molar refractivity (Wildman–Crippen MR) is 93.9 cm³/mol. The lowest BCUT2D eigenvalue weighted by Gasteiger charge is -2.33. The third-order valence-corrected chi connectivity index (χ3v) is 4.36. The van der Waals surface area contributed by atoms with E-state index in [1.54, 1.807) is 7.11 Å². The van der Waals surface area contributed by atoms with Crippen molar-refractivity contribution in [2.75, 3.05) is 30.8 Å². The first-order chi connectivity index (χ1) is 11.3. The van der Waals surface area contributed by atoms with Crippen LogP contribution in [0.5, 0.6) is 5.75 Å². The molecule has 0 amide bonds. The quantitative estimate of drug-likeness (QED) is 0.859. The van der Waals surface area contributed by atoms with E-state index in [1.165, 1.54) is 0 Å². The molecule has 1 aliphatic heterocycles. The molecule has 0 bridgehead atoms. The molecular formula is C19H24N2O2. The number of hydrogen-bond acceptors (Lipinski definition) is 4. The summed E-state index contributed by atoms with van der Waals surface area (Å²) >= 11 is 0. The molecule has 0 radical (unpaired) electrons. The maximum Gasteiger partial charge on any atom is 0.122 e. The highest BCUT2D eigenvalue weighted by Gasteiger charge is 2.20. The molecule has 1 aliphatic rings. The van der Waals surface area contributed by atoms with Crippen molar-refractivity contribution in [3.63, 3.8) is 0 Å². The average molecular weight is 312 g/mol. The first-order valence-corrected chi connectivity index (χ1v) is 8.10. The Bertz CT molecular complexity index is 623. The normalized spacial score (nSPS) is 15.6. The molecule has 2 aromatic carbocycles. The van der Waals surface area contributed by atoms with E-state index in [9.17, 15) is 0 Å². The molecule has 0 spiro atoms. The summed E-state index contributed by atoms with van der Waals surface area (Å²) in [4.78, 5) is 2.33. The van der Waals surface area contributed by atoms with Gasteiger partial charge in [-0.05, 0) is 30.5 Å². The topological polar surface area (TPSA) is 47.7 Å². The highest BCUT2D eigenvalue weighted by molar-refractivity contribution is 5.69. The minimum Gasteiger partial charge on any atom is -0.489 e. The zero-order valence-corrected chi connectivity index (χ0v) is 13.6. The van der Waals surface area contributed by atoms with Gasteiger partial charge >= 0.3 is 0 Å². The molecule has 4 nitrogen and oxygen atoms in total. The third-order valence-electron chi connectivity index (χ3n) is 4.36. The Morgan fingerprint density at radius 2 is 1.83 bits per heavy atom. The van der Waals surface area contributed by atoms with Crippen LogP contribution in [0, 0.1) is 0 Å². The Morgan fingerprint density at radius 1 is 1.09 bits per heavy atom. The number of nitrogen functional groups attached to an aromatic ring is 1. The van der Waals surface area contributed by atoms with E-state index in [1.807, 2.05) is 30.3 Å². The Hall–Kier alpha value is -2.20. The lowest BCUT2D eigenvalue weighted by atomic mass is 10.1. The van der Waals surface area contributed by atoms with Gasteiger partial charge in [-0.1, -0.05) is 30.3 Å². The second-order valence-electron chi connectivity index (χ2n) is 5.92. The van der Waals surface area contributed by atoms with E-state index in [0.29, 0.717) is 12.7 Å². The maximum atomic E-state index is 6.24. The fourth-order valence-corrected chi connectivity index (χ4v) is 2.98. The smallest absolute Gasteiger partial charge is 0.122 e. The van der Waals surface area contributed by atoms with Gasteiger partial charge in [0.15, 0.2) is 0 Å². The highest BCUT2D eigenvalue weighted by atomic mass is 16.5. The number of piperidine rings is 1. The van der Waals surface area contributed by atoms with Gasteiger partial charge in [0.25, 0.3) is 0 Å². The van der Waals surface area contributed by atoms with Gasteiger partial charge in [-0.15, -0.1) is 0 Å². The van der Waals surface area contributed by atoms with E-state index >= 15 is 0 Å². The SMILES string of the molecule is COC1CCN(c2ccc(OCc3ccccc3)cc2N)CC1. The Labute approximate surface area is 137 Å². The largest absolute Gasteiger partial charge is 0.489 e. The summed E-state index contributed by atoms with van der Waals surface area (Å²) in [7, 11) is 1.79. The molecule has 2 N–H and O–H groups in total. The minimum atomic E-state index is 0.376. The monoisotopic (exact) mass is 312 g/mol. The molecule has 0 atom stereocenters. The summed E-state index contributed by atoms with van der Waals surface area (Å²) in [5.41, 5.74) is 9.24. The number of nitrogens with two attached hydrogens (primary N) is 1. The molecule has 122 valence electrons. The molecule has 1 fully saturated rings. The van der Waals surface area contributed by atoms with Crippen LogP contribution in [0.2, 0.25) is 0 Å². The van der Waals surface area contributed by atoms with Gasteiger partial charge in [0.1, 0.15) is 12.4 Å². The van der Waals surface area contributed by atoms with Crippen LogP contribution in [0.25, 0.3) is 0 Å². The van der Waals surface area contributed by atoms with Crippen molar-refractivity contribution in [2.24, 2.45) is 0 Å². The molecule has 2 aromatic rings. The summed E-state index contributed by atoms with van der Waals surface area (Å²) in [6.45, 7) is 2.51. The van der Waals surface area contributed by atoms with Crippen molar-refractivity contribution >= 4 is 11.4 Å². The average Bonchev–Trinajstić information content (AvgIpc) is 2.61. The molecule has 1 heterocycles. The van der Waals surface area contributed by atoms with Crippen molar-refractivity contribution in [3.8, 4) is 5.75 Å². The van der Waals surface area contributed by atoms with Crippen LogP contribution in [-0.4, -0.2) is 26.3 Å². The van der Waals surface area contributed by atoms with Crippen LogP contribution in [-0.2, 0) is 11.3 Å². The zero-order chi connectivity index (χ0) is 16.1. The summed E-state index contributed by atoms with van der Waals surface area (Å²) in [5, 5.41) is 0. The van der Waals surface area contributed by atoms with E-state index in [4.69, 9.17) is 15.2 Å². The van der Waals surface area contributed by atoms with Crippen molar-refractivity contribution in [3.05, 3.63) is 54.1 Å². The lowest BCUT2D eigenvalue weighted by molar-refractivity contribution is 0.0819. The van der Waals surface area contributed by atoms with Crippen LogP contribution in [0.15, 0.2) is 48.5 Å². The van der Waals surface area contributed by atoms with Crippen molar-refractivity contribution in [1.29, 1.82) is 0 Å². The molecule has 0 unspecified atom stereocenters. The van der Waals surface area contributed by atoms with Crippen molar-refractivity contribution in [1.82, 2.24) is 0 Å². The fraction of sp³-hybridized carbons (Fsp3) is 0.368. The third kappa shape index (κ3) is 3.96. The molecule has 4 heteroatoms. The summed E-state index contributed by atoms with van der Waals surface area (Å²) < 4.78 is 11.3. The number of anilines is 2. The van der Waals surface area contributed by atoms with Crippen LogP contribution in [0.1, 0.15) is 18.4 Å². The summed E-state index contributed by atoms with van der Waals surface area (Å²) in [6.07, 6.45) is 2.46. The Kier molecular flexibility index (Phi) is 5.03. The number of nitrogens with zero attached hydrogens (tertiary/aromatic N) is 1. The molecule has 0 aromatic heterocycles. The van der Waals surface area contributed by atoms with Crippen molar-refractivity contribution in [2.45, 2.75) is 25.6 Å². The second-order valence-corrected chi connectivity index (χ2v) is 5.92. The molecule has 0 aliphatic carbocycles. The van der Waals surface area contributed by atoms with Gasteiger partial charge in [0.2, 0.25) is 0 Å². The molecule has 3 rings (SSSR count). The predicted octanol–water partition coefficient (Wildman–Crippen LogP) is 3.46. The first kappa shape index (κ1) is 15.7. The standard InChI is InChI=1S/C19H24N2O2/c1-22-16-9-11-21(12-10-16)19-8-7-17(13-18(19)20)23-14-15-5-3-2-4-6-15/h2-8,13,16H,9-12,14,20H2,1H3. The van der Waals surface area contributed by atoms with E-state index in [2.05, 4.69) is 23.1 Å². The van der Waals surface area contributed by atoms with Crippen LogP contribution in [0.3, 0.4) is 0 Å². The van der Waals surface area contributed by atoms with Crippen LogP contribution in [0.4, 0.5) is 11.4 Å². The molecule has 1 saturated heterocycles. The number of rotatable bonds is 5. The van der Waals surface area contributed by atoms with E-state index in [-0.39, 0.29) is 0 Å². The number of methoxy groups -OCH3 is 1. The Morgan fingerprint density at radius 3 is 2.48 bits per heavy atom. The van der Waals surface area contributed by atoms with Gasteiger partial charge < -0.3 is 20.1 Å². The minimum absolute atomic E-state index is 0.376. The maximum absolute atomic E-state index is 6.24. The number of hydrogen-bond donors (Lipinski definition) is 1. The van der Waals surface area contributed by atoms with Gasteiger partial charge in [-0.25, -0.2) is 0 Å². The highest BCUT2D eigenvalue weighted by Crippen LogP contribution is 2.30. The number of ether oxygens (including phenoxy) is 2. The van der Waals surface area contributed by atoms with Gasteiger partial charge in [-0.3, -0.25) is 0 Å². The molecular weight excluding hydrogens is 288 g/mol. The Balaban J connectivity index is 1.62. The van der Waals surface area contributed by atoms with Crippen LogP contribution >= 0.6 is 0 Å². The second kappa shape index (κ2) is 7.38. The van der Waals surface area contributed by atoms with E-state index < -0.39 is 0 Å². The van der Waals surface area contributed by atoms with Gasteiger partial charge in [0.05, 0.1) is 17.5 Å². The van der Waals surface area contributed by atoms with Gasteiger partial charge in [-0.2, -0.15) is 0 Å². The summed E-state index contributed by atoms with van der Waals surface area (Å²) in [6, 6.07) is 16.1.